The van der Waals surface area contributed by atoms with E-state index in [9.17, 15) is 14.3 Å². The summed E-state index contributed by atoms with van der Waals surface area (Å²) in [7, 11) is -0.721. The predicted molar refractivity (Wildman–Crippen MR) is 82.2 cm³/mol. The van der Waals surface area contributed by atoms with Crippen LogP contribution in [0.5, 0.6) is 0 Å². The summed E-state index contributed by atoms with van der Waals surface area (Å²) in [5.74, 6) is -1.89. The molecular weight excluding hydrogens is 286 g/mol. The van der Waals surface area contributed by atoms with E-state index in [4.69, 9.17) is 9.31 Å². The number of halogens is 1. The summed E-state index contributed by atoms with van der Waals surface area (Å²) in [6.45, 7) is 9.27. The molecule has 1 aliphatic heterocycles. The maximum Gasteiger partial charge on any atom is 0.466 e. The van der Waals surface area contributed by atoms with Gasteiger partial charge in [0.15, 0.2) is 0 Å². The quantitative estimate of drug-likeness (QED) is 0.867. The summed E-state index contributed by atoms with van der Waals surface area (Å²) in [5, 5.41) is 9.22. The van der Waals surface area contributed by atoms with Gasteiger partial charge >= 0.3 is 13.1 Å². The molecule has 1 unspecified atom stereocenters. The minimum atomic E-state index is -0.969. The molecule has 1 aliphatic rings. The highest BCUT2D eigenvalue weighted by Crippen LogP contribution is 2.42. The van der Waals surface area contributed by atoms with Gasteiger partial charge in [0.25, 0.3) is 0 Å². The van der Waals surface area contributed by atoms with Gasteiger partial charge in [-0.1, -0.05) is 12.1 Å². The predicted octanol–water partition coefficient (Wildman–Crippen LogP) is 3.32. The van der Waals surface area contributed by atoms with E-state index in [1.54, 1.807) is 19.1 Å². The Balaban J connectivity index is 2.40. The molecule has 0 saturated carbocycles. The molecule has 1 heterocycles. The van der Waals surface area contributed by atoms with Gasteiger partial charge in [0.1, 0.15) is 5.82 Å². The molecule has 0 amide bonds. The molecule has 1 fully saturated rings. The molecule has 0 aromatic heterocycles. The fourth-order valence-electron chi connectivity index (χ4n) is 2.62. The second kappa shape index (κ2) is 5.67. The van der Waals surface area contributed by atoms with Crippen molar-refractivity contribution in [3.05, 3.63) is 35.1 Å². The van der Waals surface area contributed by atoms with Gasteiger partial charge in [-0.05, 0) is 51.8 Å². The minimum absolute atomic E-state index is 0.179. The molecule has 0 aliphatic carbocycles. The van der Waals surface area contributed by atoms with Crippen molar-refractivity contribution in [3.8, 4) is 0 Å². The summed E-state index contributed by atoms with van der Waals surface area (Å²) in [6, 6.07) is 4.68. The third-order valence-corrected chi connectivity index (χ3v) is 4.70. The van der Waals surface area contributed by atoms with Crippen LogP contribution in [0, 0.1) is 12.7 Å². The molecule has 2 rings (SSSR count). The first-order valence-electron chi connectivity index (χ1n) is 7.37. The van der Waals surface area contributed by atoms with Crippen LogP contribution < -0.4 is 0 Å². The highest BCUT2D eigenvalue weighted by atomic mass is 19.1. The van der Waals surface area contributed by atoms with Gasteiger partial charge in [-0.3, -0.25) is 4.79 Å². The average molecular weight is 308 g/mol. The molecule has 1 atom stereocenters. The number of carboxylic acids is 1. The first kappa shape index (κ1) is 17.0. The van der Waals surface area contributed by atoms with E-state index in [2.05, 4.69) is 0 Å². The Bertz CT molecular complexity index is 570. The van der Waals surface area contributed by atoms with Crippen LogP contribution in [0.15, 0.2) is 18.2 Å². The largest absolute Gasteiger partial charge is 0.481 e. The van der Waals surface area contributed by atoms with Crippen molar-refractivity contribution in [2.45, 2.75) is 58.1 Å². The summed E-state index contributed by atoms with van der Waals surface area (Å²) >= 11 is 0. The summed E-state index contributed by atoms with van der Waals surface area (Å²) < 4.78 is 25.8. The summed E-state index contributed by atoms with van der Waals surface area (Å²) in [6.07, 6.45) is -0.179. The van der Waals surface area contributed by atoms with E-state index in [0.29, 0.717) is 11.1 Å². The molecule has 0 radical (unpaired) electrons. The van der Waals surface area contributed by atoms with Crippen molar-refractivity contribution >= 4 is 13.1 Å². The van der Waals surface area contributed by atoms with Crippen LogP contribution in [0.4, 0.5) is 4.39 Å². The van der Waals surface area contributed by atoms with Gasteiger partial charge < -0.3 is 14.4 Å². The van der Waals surface area contributed by atoms with Crippen molar-refractivity contribution < 1.29 is 23.6 Å². The Morgan fingerprint density at radius 2 is 1.82 bits per heavy atom. The van der Waals surface area contributed by atoms with Crippen LogP contribution in [0.25, 0.3) is 0 Å². The van der Waals surface area contributed by atoms with E-state index in [0.717, 1.165) is 0 Å². The molecule has 120 valence electrons. The van der Waals surface area contributed by atoms with Crippen LogP contribution in [-0.2, 0) is 14.1 Å². The number of rotatable bonds is 4. The lowest BCUT2D eigenvalue weighted by molar-refractivity contribution is -0.137. The Hall–Kier alpha value is -1.40. The molecule has 0 bridgehead atoms. The van der Waals surface area contributed by atoms with Gasteiger partial charge in [0.2, 0.25) is 0 Å². The molecule has 1 N–H and O–H groups in total. The smallest absolute Gasteiger partial charge is 0.466 e. The number of hydrogen-bond acceptors (Lipinski definition) is 3. The van der Waals surface area contributed by atoms with E-state index < -0.39 is 30.1 Å². The second-order valence-corrected chi connectivity index (χ2v) is 6.78. The zero-order chi connectivity index (χ0) is 16.7. The number of aliphatic carboxylic acids is 1. The third kappa shape index (κ3) is 3.03. The van der Waals surface area contributed by atoms with Crippen molar-refractivity contribution in [1.29, 1.82) is 0 Å². The second-order valence-electron chi connectivity index (χ2n) is 6.78. The summed E-state index contributed by atoms with van der Waals surface area (Å²) in [4.78, 5) is 11.3. The molecular formula is C16H22BFO4. The fraction of sp³-hybridized carbons (Fsp3) is 0.562. The fourth-order valence-corrected chi connectivity index (χ4v) is 2.62. The van der Waals surface area contributed by atoms with E-state index in [1.807, 2.05) is 27.7 Å². The van der Waals surface area contributed by atoms with Crippen molar-refractivity contribution in [2.24, 2.45) is 0 Å². The van der Waals surface area contributed by atoms with Gasteiger partial charge in [0.05, 0.1) is 17.6 Å². The highest BCUT2D eigenvalue weighted by molar-refractivity contribution is 6.48. The van der Waals surface area contributed by atoms with Crippen molar-refractivity contribution in [2.75, 3.05) is 0 Å². The Morgan fingerprint density at radius 1 is 1.27 bits per heavy atom. The zero-order valence-corrected chi connectivity index (χ0v) is 13.6. The SMILES string of the molecule is Cc1c(F)cccc1C(CC(=O)O)B1OC(C)(C)C(C)(C)O1. The normalized spacial score (nSPS) is 20.9. The van der Waals surface area contributed by atoms with Gasteiger partial charge in [-0.25, -0.2) is 4.39 Å². The maximum atomic E-state index is 13.8. The Labute approximate surface area is 130 Å². The molecule has 1 aromatic carbocycles. The van der Waals surface area contributed by atoms with E-state index >= 15 is 0 Å². The van der Waals surface area contributed by atoms with Crippen LogP contribution in [0.3, 0.4) is 0 Å². The Kier molecular flexibility index (Phi) is 4.37. The van der Waals surface area contributed by atoms with Crippen LogP contribution >= 0.6 is 0 Å². The van der Waals surface area contributed by atoms with Crippen LogP contribution in [0.1, 0.15) is 51.1 Å². The van der Waals surface area contributed by atoms with E-state index in [1.165, 1.54) is 6.07 Å². The number of hydrogen-bond donors (Lipinski definition) is 1. The number of carbonyl (C=O) groups is 1. The number of carboxylic acid groups (broad SMARTS) is 1. The zero-order valence-electron chi connectivity index (χ0n) is 13.6. The van der Waals surface area contributed by atoms with Gasteiger partial charge in [-0.2, -0.15) is 0 Å². The highest BCUT2D eigenvalue weighted by Gasteiger charge is 2.54. The molecule has 6 heteroatoms. The molecule has 22 heavy (non-hydrogen) atoms. The lowest BCUT2D eigenvalue weighted by Gasteiger charge is -2.32. The lowest BCUT2D eigenvalue weighted by Crippen LogP contribution is -2.41. The minimum Gasteiger partial charge on any atom is -0.481 e. The van der Waals surface area contributed by atoms with Crippen LogP contribution in [-0.4, -0.2) is 29.4 Å². The molecule has 1 aromatic rings. The summed E-state index contributed by atoms with van der Waals surface area (Å²) in [5.41, 5.74) is -0.0740. The first-order valence-corrected chi connectivity index (χ1v) is 7.37. The average Bonchev–Trinajstić information content (AvgIpc) is 2.59. The number of benzene rings is 1. The monoisotopic (exact) mass is 308 g/mol. The van der Waals surface area contributed by atoms with Gasteiger partial charge in [0, 0.05) is 5.82 Å². The van der Waals surface area contributed by atoms with Crippen LogP contribution in [0.2, 0.25) is 0 Å². The Morgan fingerprint density at radius 3 is 2.32 bits per heavy atom. The maximum absolute atomic E-state index is 13.8. The van der Waals surface area contributed by atoms with Crippen molar-refractivity contribution in [1.82, 2.24) is 0 Å². The molecule has 1 saturated heterocycles. The molecule has 4 nitrogen and oxygen atoms in total. The topological polar surface area (TPSA) is 55.8 Å². The first-order chi connectivity index (χ1) is 10.0. The van der Waals surface area contributed by atoms with E-state index in [-0.39, 0.29) is 12.2 Å². The standard InChI is InChI=1S/C16H22BFO4/c1-10-11(7-6-8-13(10)18)12(9-14(19)20)17-21-15(2,3)16(4,5)22-17/h6-8,12H,9H2,1-5H3,(H,19,20). The molecule has 0 spiro atoms. The lowest BCUT2D eigenvalue weighted by atomic mass is 9.65. The van der Waals surface area contributed by atoms with Gasteiger partial charge in [-0.15, -0.1) is 0 Å². The third-order valence-electron chi connectivity index (χ3n) is 4.70. The van der Waals surface area contributed by atoms with Crippen molar-refractivity contribution in [3.63, 3.8) is 0 Å².